The summed E-state index contributed by atoms with van der Waals surface area (Å²) in [5.74, 6) is 1.61. The van der Waals surface area contributed by atoms with Gasteiger partial charge < -0.3 is 10.1 Å². The fourth-order valence-electron chi connectivity index (χ4n) is 2.01. The van der Waals surface area contributed by atoms with E-state index in [2.05, 4.69) is 12.2 Å². The van der Waals surface area contributed by atoms with Gasteiger partial charge in [-0.3, -0.25) is 0 Å². The lowest BCUT2D eigenvalue weighted by Gasteiger charge is -2.20. The largest absolute Gasteiger partial charge is 0.384 e. The van der Waals surface area contributed by atoms with Gasteiger partial charge in [-0.1, -0.05) is 6.92 Å². The second-order valence-corrected chi connectivity index (χ2v) is 3.87. The molecule has 1 heterocycles. The summed E-state index contributed by atoms with van der Waals surface area (Å²) < 4.78 is 5.18. The van der Waals surface area contributed by atoms with E-state index < -0.39 is 0 Å². The van der Waals surface area contributed by atoms with Crippen molar-refractivity contribution in [1.29, 1.82) is 0 Å². The molecule has 2 nitrogen and oxygen atoms in total. The van der Waals surface area contributed by atoms with Gasteiger partial charge in [-0.05, 0) is 44.2 Å². The Balaban J connectivity index is 2.27. The van der Waals surface area contributed by atoms with Gasteiger partial charge in [0.05, 0.1) is 0 Å². The van der Waals surface area contributed by atoms with Crippen LogP contribution in [-0.4, -0.2) is 26.8 Å². The Morgan fingerprint density at radius 1 is 1.42 bits per heavy atom. The Labute approximate surface area is 75.7 Å². The van der Waals surface area contributed by atoms with Crippen LogP contribution in [0.15, 0.2) is 0 Å². The summed E-state index contributed by atoms with van der Waals surface area (Å²) in [5.41, 5.74) is 0. The highest BCUT2D eigenvalue weighted by molar-refractivity contribution is 4.71. The van der Waals surface area contributed by atoms with Gasteiger partial charge in [-0.2, -0.15) is 0 Å². The lowest BCUT2D eigenvalue weighted by atomic mass is 9.88. The van der Waals surface area contributed by atoms with E-state index in [1.807, 2.05) is 0 Å². The van der Waals surface area contributed by atoms with E-state index in [0.29, 0.717) is 0 Å². The molecular weight excluding hydrogens is 150 g/mol. The fourth-order valence-corrected chi connectivity index (χ4v) is 2.01. The van der Waals surface area contributed by atoms with E-state index in [9.17, 15) is 0 Å². The van der Waals surface area contributed by atoms with Crippen LogP contribution in [0.25, 0.3) is 0 Å². The van der Waals surface area contributed by atoms with Gasteiger partial charge in [-0.15, -0.1) is 0 Å². The minimum absolute atomic E-state index is 0.731. The third-order valence-corrected chi connectivity index (χ3v) is 2.85. The molecular formula is C10H21NO. The van der Waals surface area contributed by atoms with Crippen molar-refractivity contribution in [3.8, 4) is 0 Å². The first kappa shape index (κ1) is 10.0. The number of nitrogens with one attached hydrogen (secondary N) is 1. The fraction of sp³-hybridized carbons (Fsp3) is 1.00. The SMILES string of the molecule is COCC(C)C1CCCNCC1. The molecule has 0 saturated carbocycles. The Morgan fingerprint density at radius 3 is 3.00 bits per heavy atom. The summed E-state index contributed by atoms with van der Waals surface area (Å²) in [6, 6.07) is 0. The molecule has 12 heavy (non-hydrogen) atoms. The highest BCUT2D eigenvalue weighted by Gasteiger charge is 2.18. The molecule has 1 fully saturated rings. The summed E-state index contributed by atoms with van der Waals surface area (Å²) in [5, 5.41) is 3.43. The average Bonchev–Trinajstić information content (AvgIpc) is 2.32. The van der Waals surface area contributed by atoms with Crippen LogP contribution >= 0.6 is 0 Å². The quantitative estimate of drug-likeness (QED) is 0.697. The first-order chi connectivity index (χ1) is 5.84. The van der Waals surface area contributed by atoms with Gasteiger partial charge in [-0.25, -0.2) is 0 Å². The molecule has 0 aliphatic carbocycles. The smallest absolute Gasteiger partial charge is 0.0490 e. The van der Waals surface area contributed by atoms with Crippen LogP contribution in [0.4, 0.5) is 0 Å². The Kier molecular flexibility index (Phi) is 4.62. The van der Waals surface area contributed by atoms with Crippen LogP contribution in [0.5, 0.6) is 0 Å². The van der Waals surface area contributed by atoms with Gasteiger partial charge in [0.25, 0.3) is 0 Å². The molecule has 2 atom stereocenters. The van der Waals surface area contributed by atoms with Crippen molar-refractivity contribution in [3.63, 3.8) is 0 Å². The average molecular weight is 171 g/mol. The second kappa shape index (κ2) is 5.55. The van der Waals surface area contributed by atoms with E-state index in [0.717, 1.165) is 18.4 Å². The minimum Gasteiger partial charge on any atom is -0.384 e. The molecule has 1 aliphatic heterocycles. The lowest BCUT2D eigenvalue weighted by Crippen LogP contribution is -2.19. The number of hydrogen-bond acceptors (Lipinski definition) is 2. The molecule has 0 amide bonds. The molecule has 72 valence electrons. The van der Waals surface area contributed by atoms with Crippen molar-refractivity contribution < 1.29 is 4.74 Å². The van der Waals surface area contributed by atoms with Crippen LogP contribution in [0.3, 0.4) is 0 Å². The zero-order valence-corrected chi connectivity index (χ0v) is 8.31. The van der Waals surface area contributed by atoms with Crippen molar-refractivity contribution in [2.45, 2.75) is 26.2 Å². The minimum atomic E-state index is 0.731. The first-order valence-corrected chi connectivity index (χ1v) is 5.04. The van der Waals surface area contributed by atoms with Crippen molar-refractivity contribution in [2.75, 3.05) is 26.8 Å². The van der Waals surface area contributed by atoms with Crippen molar-refractivity contribution in [3.05, 3.63) is 0 Å². The van der Waals surface area contributed by atoms with E-state index in [1.54, 1.807) is 7.11 Å². The Morgan fingerprint density at radius 2 is 2.25 bits per heavy atom. The molecule has 0 spiro atoms. The molecule has 0 aromatic heterocycles. The lowest BCUT2D eigenvalue weighted by molar-refractivity contribution is 0.124. The predicted molar refractivity (Wildman–Crippen MR) is 51.3 cm³/mol. The Bertz CT molecular complexity index is 108. The third-order valence-electron chi connectivity index (χ3n) is 2.85. The van der Waals surface area contributed by atoms with Gasteiger partial charge in [0.15, 0.2) is 0 Å². The highest BCUT2D eigenvalue weighted by Crippen LogP contribution is 2.22. The van der Waals surface area contributed by atoms with Crippen molar-refractivity contribution >= 4 is 0 Å². The van der Waals surface area contributed by atoms with Crippen LogP contribution in [0, 0.1) is 11.8 Å². The summed E-state index contributed by atoms with van der Waals surface area (Å²) in [4.78, 5) is 0. The predicted octanol–water partition coefficient (Wildman–Crippen LogP) is 1.66. The first-order valence-electron chi connectivity index (χ1n) is 5.04. The monoisotopic (exact) mass is 171 g/mol. The van der Waals surface area contributed by atoms with Crippen LogP contribution in [0.1, 0.15) is 26.2 Å². The maximum atomic E-state index is 5.18. The van der Waals surface area contributed by atoms with Crippen molar-refractivity contribution in [1.82, 2.24) is 5.32 Å². The van der Waals surface area contributed by atoms with Gasteiger partial charge in [0, 0.05) is 13.7 Å². The molecule has 1 rings (SSSR count). The van der Waals surface area contributed by atoms with E-state index in [-0.39, 0.29) is 0 Å². The maximum absolute atomic E-state index is 5.18. The van der Waals surface area contributed by atoms with Crippen LogP contribution in [-0.2, 0) is 4.74 Å². The van der Waals surface area contributed by atoms with Crippen LogP contribution in [0.2, 0.25) is 0 Å². The summed E-state index contributed by atoms with van der Waals surface area (Å²) in [6.07, 6.45) is 4.03. The van der Waals surface area contributed by atoms with Crippen LogP contribution < -0.4 is 5.32 Å². The standard InChI is InChI=1S/C10H21NO/c1-9(8-12-2)10-4-3-6-11-7-5-10/h9-11H,3-8H2,1-2H3. The van der Waals surface area contributed by atoms with E-state index >= 15 is 0 Å². The third kappa shape index (κ3) is 3.11. The second-order valence-electron chi connectivity index (χ2n) is 3.87. The number of ether oxygens (including phenoxy) is 1. The van der Waals surface area contributed by atoms with Gasteiger partial charge >= 0.3 is 0 Å². The number of hydrogen-bond donors (Lipinski definition) is 1. The van der Waals surface area contributed by atoms with Gasteiger partial charge in [0.2, 0.25) is 0 Å². The molecule has 0 radical (unpaired) electrons. The molecule has 0 aromatic rings. The maximum Gasteiger partial charge on any atom is 0.0490 e. The van der Waals surface area contributed by atoms with E-state index in [1.165, 1.54) is 32.4 Å². The van der Waals surface area contributed by atoms with E-state index in [4.69, 9.17) is 4.74 Å². The summed E-state index contributed by atoms with van der Waals surface area (Å²) in [7, 11) is 1.80. The highest BCUT2D eigenvalue weighted by atomic mass is 16.5. The zero-order chi connectivity index (χ0) is 8.81. The van der Waals surface area contributed by atoms with Crippen molar-refractivity contribution in [2.24, 2.45) is 11.8 Å². The topological polar surface area (TPSA) is 21.3 Å². The van der Waals surface area contributed by atoms with Gasteiger partial charge in [0.1, 0.15) is 0 Å². The molecule has 2 heteroatoms. The molecule has 0 aromatic carbocycles. The zero-order valence-electron chi connectivity index (χ0n) is 8.31. The number of methoxy groups -OCH3 is 1. The molecule has 1 saturated heterocycles. The normalized spacial score (nSPS) is 28.0. The number of rotatable bonds is 3. The molecule has 1 aliphatic rings. The summed E-state index contributed by atoms with van der Waals surface area (Å²) >= 11 is 0. The Hall–Kier alpha value is -0.0800. The molecule has 0 bridgehead atoms. The summed E-state index contributed by atoms with van der Waals surface area (Å²) in [6.45, 7) is 5.62. The molecule has 2 unspecified atom stereocenters. The molecule has 1 N–H and O–H groups in total.